The van der Waals surface area contributed by atoms with Gasteiger partial charge in [0.15, 0.2) is 17.9 Å². The number of hydrogen-bond acceptors (Lipinski definition) is 5. The molecule has 2 rings (SSSR count). The van der Waals surface area contributed by atoms with E-state index in [0.717, 1.165) is 0 Å². The van der Waals surface area contributed by atoms with Crippen molar-refractivity contribution < 1.29 is 23.8 Å². The van der Waals surface area contributed by atoms with Gasteiger partial charge in [-0.2, -0.15) is 0 Å². The number of benzene rings is 1. The van der Waals surface area contributed by atoms with E-state index in [0.29, 0.717) is 18.4 Å². The van der Waals surface area contributed by atoms with E-state index in [4.69, 9.17) is 14.2 Å². The summed E-state index contributed by atoms with van der Waals surface area (Å²) in [6.45, 7) is 0. The molecule has 0 radical (unpaired) electrons. The van der Waals surface area contributed by atoms with E-state index in [1.165, 1.54) is 14.2 Å². The molecule has 20 heavy (non-hydrogen) atoms. The second-order valence-corrected chi connectivity index (χ2v) is 4.67. The Morgan fingerprint density at radius 3 is 2.55 bits per heavy atom. The van der Waals surface area contributed by atoms with Crippen molar-refractivity contribution in [2.75, 3.05) is 14.2 Å². The van der Waals surface area contributed by atoms with Crippen molar-refractivity contribution in [1.29, 1.82) is 0 Å². The van der Waals surface area contributed by atoms with E-state index in [1.54, 1.807) is 24.3 Å². The summed E-state index contributed by atoms with van der Waals surface area (Å²) in [5.74, 6) is -1.96. The van der Waals surface area contributed by atoms with Crippen molar-refractivity contribution in [3.05, 3.63) is 35.9 Å². The Balaban J connectivity index is 2.05. The van der Waals surface area contributed by atoms with E-state index in [2.05, 4.69) is 0 Å². The van der Waals surface area contributed by atoms with Crippen LogP contribution in [0.3, 0.4) is 0 Å². The number of ketones is 2. The van der Waals surface area contributed by atoms with Gasteiger partial charge in [0.2, 0.25) is 5.79 Å². The van der Waals surface area contributed by atoms with Crippen LogP contribution in [0.15, 0.2) is 30.3 Å². The molecule has 1 aliphatic rings. The SMILES string of the molecule is COC1CCC(OC)(C(=O)CC(=O)c2ccccc2)O1. The molecule has 0 bridgehead atoms. The van der Waals surface area contributed by atoms with Crippen LogP contribution in [-0.4, -0.2) is 37.9 Å². The van der Waals surface area contributed by atoms with Gasteiger partial charge < -0.3 is 14.2 Å². The lowest BCUT2D eigenvalue weighted by Gasteiger charge is -2.25. The smallest absolute Gasteiger partial charge is 0.231 e. The third-order valence-corrected chi connectivity index (χ3v) is 3.47. The number of carbonyl (C=O) groups excluding carboxylic acids is 2. The van der Waals surface area contributed by atoms with Gasteiger partial charge in [-0.05, 0) is 0 Å². The zero-order valence-electron chi connectivity index (χ0n) is 11.6. The van der Waals surface area contributed by atoms with Crippen LogP contribution in [0.25, 0.3) is 0 Å². The lowest BCUT2D eigenvalue weighted by atomic mass is 9.99. The van der Waals surface area contributed by atoms with Crippen LogP contribution in [0.5, 0.6) is 0 Å². The monoisotopic (exact) mass is 278 g/mol. The molecule has 108 valence electrons. The zero-order chi connectivity index (χ0) is 14.6. The van der Waals surface area contributed by atoms with E-state index in [9.17, 15) is 9.59 Å². The molecule has 1 aromatic rings. The topological polar surface area (TPSA) is 61.8 Å². The van der Waals surface area contributed by atoms with E-state index in [-0.39, 0.29) is 18.0 Å². The van der Waals surface area contributed by atoms with Crippen molar-refractivity contribution in [2.45, 2.75) is 31.3 Å². The standard InChI is InChI=1S/C15H18O5/c1-18-14-8-9-15(19-2,20-14)13(17)10-12(16)11-6-4-3-5-7-11/h3-7,14H,8-10H2,1-2H3. The second-order valence-electron chi connectivity index (χ2n) is 4.67. The lowest BCUT2D eigenvalue weighted by molar-refractivity contribution is -0.245. The molecule has 2 unspecified atom stereocenters. The first-order valence-corrected chi connectivity index (χ1v) is 6.48. The molecule has 0 aliphatic carbocycles. The summed E-state index contributed by atoms with van der Waals surface area (Å²) in [6, 6.07) is 8.71. The molecule has 1 saturated heterocycles. The first-order chi connectivity index (χ1) is 9.61. The average Bonchev–Trinajstić information content (AvgIpc) is 2.93. The van der Waals surface area contributed by atoms with Gasteiger partial charge in [0.1, 0.15) is 0 Å². The van der Waals surface area contributed by atoms with Gasteiger partial charge in [-0.15, -0.1) is 0 Å². The van der Waals surface area contributed by atoms with Crippen molar-refractivity contribution in [1.82, 2.24) is 0 Å². The summed E-state index contributed by atoms with van der Waals surface area (Å²) in [5.41, 5.74) is 0.508. The van der Waals surface area contributed by atoms with Crippen LogP contribution in [0, 0.1) is 0 Å². The molecule has 2 atom stereocenters. The van der Waals surface area contributed by atoms with Gasteiger partial charge in [-0.25, -0.2) is 0 Å². The van der Waals surface area contributed by atoms with Gasteiger partial charge in [0, 0.05) is 32.6 Å². The van der Waals surface area contributed by atoms with Gasteiger partial charge in [-0.3, -0.25) is 9.59 Å². The van der Waals surface area contributed by atoms with Gasteiger partial charge >= 0.3 is 0 Å². The maximum absolute atomic E-state index is 12.3. The van der Waals surface area contributed by atoms with Crippen LogP contribution < -0.4 is 0 Å². The predicted molar refractivity (Wildman–Crippen MR) is 71.3 cm³/mol. The highest BCUT2D eigenvalue weighted by Gasteiger charge is 2.47. The van der Waals surface area contributed by atoms with E-state index < -0.39 is 12.1 Å². The highest BCUT2D eigenvalue weighted by Crippen LogP contribution is 2.33. The first kappa shape index (κ1) is 14.8. The number of methoxy groups -OCH3 is 2. The first-order valence-electron chi connectivity index (χ1n) is 6.48. The van der Waals surface area contributed by atoms with Crippen molar-refractivity contribution in [2.24, 2.45) is 0 Å². The van der Waals surface area contributed by atoms with Crippen molar-refractivity contribution in [3.8, 4) is 0 Å². The van der Waals surface area contributed by atoms with Crippen LogP contribution in [0.2, 0.25) is 0 Å². The Labute approximate surface area is 117 Å². The third kappa shape index (κ3) is 2.95. The minimum Gasteiger partial charge on any atom is -0.356 e. The molecular formula is C15H18O5. The summed E-state index contributed by atoms with van der Waals surface area (Å²) < 4.78 is 15.8. The number of rotatable bonds is 6. The van der Waals surface area contributed by atoms with Gasteiger partial charge in [0.05, 0.1) is 6.42 Å². The average molecular weight is 278 g/mol. The molecule has 0 amide bonds. The molecule has 5 heteroatoms. The second kappa shape index (κ2) is 6.26. The van der Waals surface area contributed by atoms with Gasteiger partial charge in [-0.1, -0.05) is 30.3 Å². The van der Waals surface area contributed by atoms with Crippen LogP contribution >= 0.6 is 0 Å². The fourth-order valence-electron chi connectivity index (χ4n) is 2.28. The molecule has 0 aromatic heterocycles. The maximum Gasteiger partial charge on any atom is 0.231 e. The van der Waals surface area contributed by atoms with Gasteiger partial charge in [0.25, 0.3) is 0 Å². The number of carbonyl (C=O) groups is 2. The Hall–Kier alpha value is -1.56. The Morgan fingerprint density at radius 1 is 1.30 bits per heavy atom. The number of hydrogen-bond donors (Lipinski definition) is 0. The summed E-state index contributed by atoms with van der Waals surface area (Å²) in [6.07, 6.45) is 0.248. The molecule has 5 nitrogen and oxygen atoms in total. The minimum atomic E-state index is -1.36. The van der Waals surface area contributed by atoms with E-state index >= 15 is 0 Å². The Kier molecular flexibility index (Phi) is 4.65. The molecular weight excluding hydrogens is 260 g/mol. The van der Waals surface area contributed by atoms with Crippen molar-refractivity contribution in [3.63, 3.8) is 0 Å². The summed E-state index contributed by atoms with van der Waals surface area (Å²) in [5, 5.41) is 0. The Bertz CT molecular complexity index is 484. The molecule has 1 aliphatic heterocycles. The van der Waals surface area contributed by atoms with Crippen LogP contribution in [-0.2, 0) is 19.0 Å². The maximum atomic E-state index is 12.3. The third-order valence-electron chi connectivity index (χ3n) is 3.47. The molecule has 1 heterocycles. The number of ether oxygens (including phenoxy) is 3. The summed E-state index contributed by atoms with van der Waals surface area (Å²) >= 11 is 0. The van der Waals surface area contributed by atoms with Crippen LogP contribution in [0.4, 0.5) is 0 Å². The lowest BCUT2D eigenvalue weighted by Crippen LogP contribution is -2.42. The summed E-state index contributed by atoms with van der Waals surface area (Å²) in [4.78, 5) is 24.4. The normalized spacial score (nSPS) is 25.6. The molecule has 0 spiro atoms. The fourth-order valence-corrected chi connectivity index (χ4v) is 2.28. The quantitative estimate of drug-likeness (QED) is 0.588. The number of Topliss-reactive ketones (excluding diaryl/α,β-unsaturated/α-hetero) is 2. The highest BCUT2D eigenvalue weighted by atomic mass is 16.8. The Morgan fingerprint density at radius 2 is 2.00 bits per heavy atom. The molecule has 1 fully saturated rings. The molecule has 0 N–H and O–H groups in total. The fraction of sp³-hybridized carbons (Fsp3) is 0.467. The zero-order valence-corrected chi connectivity index (χ0v) is 11.6. The van der Waals surface area contributed by atoms with Crippen LogP contribution in [0.1, 0.15) is 29.6 Å². The molecule has 1 aromatic carbocycles. The predicted octanol–water partition coefficient (Wildman–Crippen LogP) is 1.95. The van der Waals surface area contributed by atoms with E-state index in [1.807, 2.05) is 6.07 Å². The van der Waals surface area contributed by atoms with Crippen molar-refractivity contribution >= 4 is 11.6 Å². The largest absolute Gasteiger partial charge is 0.356 e. The minimum absolute atomic E-state index is 0.239. The summed E-state index contributed by atoms with van der Waals surface area (Å²) in [7, 11) is 2.92. The highest BCUT2D eigenvalue weighted by molar-refractivity contribution is 6.10. The molecule has 0 saturated carbocycles.